The molecule has 2 aliphatic heterocycles. The highest BCUT2D eigenvalue weighted by Crippen LogP contribution is 2.40. The number of imidazole rings is 1. The molecule has 2 aliphatic rings. The highest BCUT2D eigenvalue weighted by molar-refractivity contribution is 7.02. The van der Waals surface area contributed by atoms with Crippen LogP contribution in [-0.2, 0) is 0 Å². The van der Waals surface area contributed by atoms with E-state index in [1.54, 1.807) is 6.20 Å². The summed E-state index contributed by atoms with van der Waals surface area (Å²) in [4.78, 5) is 6.81. The highest BCUT2D eigenvalue weighted by atomic mass is 28.3. The zero-order valence-electron chi connectivity index (χ0n) is 25.5. The van der Waals surface area contributed by atoms with Crippen molar-refractivity contribution in [3.63, 3.8) is 0 Å². The molecule has 0 atom stereocenters. The summed E-state index contributed by atoms with van der Waals surface area (Å²) in [6.45, 7) is 4.86. The molecule has 0 spiro atoms. The largest absolute Gasteiger partial charge is 0.535 e. The molecule has 0 N–H and O–H groups in total. The van der Waals surface area contributed by atoms with Crippen LogP contribution in [0.15, 0.2) is 140 Å². The standard InChI is InChI=1S/C38H29BN4O2Si/c1-46(2)35-22-21-31(25-33(35)42-26-41(28-14-7-4-8-15-28)32-18-10-20-36(46)37(32)42)44-30-17-9-16-29(24-30)43-38-34(19-11-23-40-38)45-39(43)27-12-5-3-6-13-27/h3-25H,1-2H3. The van der Waals surface area contributed by atoms with Gasteiger partial charge in [-0.05, 0) is 64.4 Å². The third-order valence-electron chi connectivity index (χ3n) is 9.12. The molecule has 0 aliphatic carbocycles. The number of hydrogen-bond acceptors (Lipinski definition) is 4. The molecular formula is C38H29BN4O2Si. The quantitative estimate of drug-likeness (QED) is 0.137. The Morgan fingerprint density at radius 2 is 1.54 bits per heavy atom. The van der Waals surface area contributed by atoms with E-state index in [-0.39, 0.29) is 7.05 Å². The molecule has 9 rings (SSSR count). The van der Waals surface area contributed by atoms with E-state index in [2.05, 4.69) is 123 Å². The van der Waals surface area contributed by atoms with Gasteiger partial charge in [0.15, 0.2) is 5.82 Å². The van der Waals surface area contributed by atoms with Crippen LogP contribution in [0.25, 0.3) is 22.4 Å². The van der Waals surface area contributed by atoms with Gasteiger partial charge in [0.1, 0.15) is 25.3 Å². The minimum atomic E-state index is -2.00. The lowest BCUT2D eigenvalue weighted by Gasteiger charge is -2.32. The monoisotopic (exact) mass is 612 g/mol. The summed E-state index contributed by atoms with van der Waals surface area (Å²) in [5.74, 6) is 3.05. The Morgan fingerprint density at radius 1 is 0.761 bits per heavy atom. The first-order valence-corrected chi connectivity index (χ1v) is 18.5. The van der Waals surface area contributed by atoms with Crippen molar-refractivity contribution in [2.45, 2.75) is 13.1 Å². The van der Waals surface area contributed by atoms with Crippen molar-refractivity contribution in [3.05, 3.63) is 146 Å². The zero-order chi connectivity index (χ0) is 30.8. The summed E-state index contributed by atoms with van der Waals surface area (Å²) in [6.07, 6.45) is 5.48. The van der Waals surface area contributed by atoms with Gasteiger partial charge in [0.05, 0.1) is 22.4 Å². The lowest BCUT2D eigenvalue weighted by atomic mass is 9.71. The van der Waals surface area contributed by atoms with Gasteiger partial charge in [0, 0.05) is 18.0 Å². The smallest absolute Gasteiger partial charge is 0.525 e. The van der Waals surface area contributed by atoms with E-state index in [1.165, 1.54) is 15.9 Å². The Labute approximate surface area is 268 Å². The fourth-order valence-corrected chi connectivity index (χ4v) is 9.86. The molecule has 0 saturated carbocycles. The average Bonchev–Trinajstić information content (AvgIpc) is 3.68. The van der Waals surface area contributed by atoms with Crippen molar-refractivity contribution in [1.29, 1.82) is 0 Å². The van der Waals surface area contributed by atoms with Gasteiger partial charge in [0.25, 0.3) is 6.33 Å². The van der Waals surface area contributed by atoms with Crippen LogP contribution >= 0.6 is 0 Å². The van der Waals surface area contributed by atoms with Gasteiger partial charge < -0.3 is 14.2 Å². The predicted molar refractivity (Wildman–Crippen MR) is 186 cm³/mol. The summed E-state index contributed by atoms with van der Waals surface area (Å²) in [5.41, 5.74) is 6.58. The molecule has 0 unspecified atom stereocenters. The first kappa shape index (κ1) is 26.8. The Balaban J connectivity index is 1.12. The normalized spacial score (nSPS) is 14.1. The molecule has 0 radical (unpaired) electrons. The van der Waals surface area contributed by atoms with Gasteiger partial charge in [-0.25, -0.2) is 4.98 Å². The molecule has 8 heteroatoms. The molecule has 2 aromatic heterocycles. The average molecular weight is 613 g/mol. The molecule has 220 valence electrons. The number of rotatable bonds is 5. The van der Waals surface area contributed by atoms with Crippen LogP contribution in [0.2, 0.25) is 13.1 Å². The second kappa shape index (κ2) is 10.2. The minimum absolute atomic E-state index is 0.333. The molecule has 7 aromatic rings. The number of hydrogen-bond donors (Lipinski definition) is 0. The van der Waals surface area contributed by atoms with E-state index in [0.29, 0.717) is 0 Å². The Morgan fingerprint density at radius 3 is 2.39 bits per heavy atom. The molecule has 46 heavy (non-hydrogen) atoms. The van der Waals surface area contributed by atoms with Crippen LogP contribution in [-0.4, -0.2) is 24.7 Å². The fourth-order valence-electron chi connectivity index (χ4n) is 6.90. The van der Waals surface area contributed by atoms with E-state index in [1.807, 2.05) is 48.5 Å². The number of benzene rings is 5. The number of fused-ring (bicyclic) bond motifs is 3. The van der Waals surface area contributed by atoms with Crippen molar-refractivity contribution in [2.24, 2.45) is 0 Å². The first-order chi connectivity index (χ1) is 22.6. The number of para-hydroxylation sites is 2. The summed E-state index contributed by atoms with van der Waals surface area (Å²) >= 11 is 0. The molecular weight excluding hydrogens is 583 g/mol. The topological polar surface area (TPSA) is 43.4 Å². The molecule has 6 nitrogen and oxygen atoms in total. The van der Waals surface area contributed by atoms with Crippen molar-refractivity contribution < 1.29 is 14.0 Å². The third kappa shape index (κ3) is 4.10. The Bertz CT molecular complexity index is 2270. The third-order valence-corrected chi connectivity index (χ3v) is 12.6. The fraction of sp³-hybridized carbons (Fsp3) is 0.0526. The highest BCUT2D eigenvalue weighted by Gasteiger charge is 2.41. The summed E-state index contributed by atoms with van der Waals surface area (Å²) in [7, 11) is -2.34. The van der Waals surface area contributed by atoms with Crippen molar-refractivity contribution >= 4 is 53.5 Å². The lowest BCUT2D eigenvalue weighted by molar-refractivity contribution is -0.572. The van der Waals surface area contributed by atoms with Crippen LogP contribution in [0, 0.1) is 6.33 Å². The van der Waals surface area contributed by atoms with Crippen LogP contribution in [0.4, 0.5) is 11.5 Å². The Kier molecular flexibility index (Phi) is 5.95. The number of anilines is 2. The summed E-state index contributed by atoms with van der Waals surface area (Å²) < 4.78 is 17.4. The minimum Gasteiger partial charge on any atom is -0.535 e. The summed E-state index contributed by atoms with van der Waals surface area (Å²) in [6, 6.07) is 45.9. The van der Waals surface area contributed by atoms with Gasteiger partial charge in [-0.15, -0.1) is 0 Å². The van der Waals surface area contributed by atoms with E-state index in [4.69, 9.17) is 9.39 Å². The number of nitrogens with zero attached hydrogens (tertiary/aromatic N) is 4. The van der Waals surface area contributed by atoms with E-state index in [0.717, 1.165) is 51.1 Å². The van der Waals surface area contributed by atoms with Gasteiger partial charge >= 0.3 is 7.05 Å². The predicted octanol–water partition coefficient (Wildman–Crippen LogP) is 5.96. The van der Waals surface area contributed by atoms with E-state index in [9.17, 15) is 0 Å². The molecule has 0 bridgehead atoms. The van der Waals surface area contributed by atoms with Crippen LogP contribution in [0.5, 0.6) is 17.2 Å². The van der Waals surface area contributed by atoms with Crippen molar-refractivity contribution in [1.82, 2.24) is 9.55 Å². The molecule has 5 aromatic carbocycles. The Hall–Kier alpha value is -5.60. The van der Waals surface area contributed by atoms with Crippen molar-refractivity contribution in [3.8, 4) is 28.6 Å². The van der Waals surface area contributed by atoms with Gasteiger partial charge in [-0.2, -0.15) is 0 Å². The van der Waals surface area contributed by atoms with Gasteiger partial charge in [-0.1, -0.05) is 92.0 Å². The summed E-state index contributed by atoms with van der Waals surface area (Å²) in [5, 5.41) is 2.78. The van der Waals surface area contributed by atoms with E-state index >= 15 is 0 Å². The number of aromatic nitrogens is 3. The molecule has 4 heterocycles. The maximum atomic E-state index is 6.61. The first-order valence-electron chi connectivity index (χ1n) is 15.5. The maximum absolute atomic E-state index is 6.61. The maximum Gasteiger partial charge on any atom is 0.525 e. The second-order valence-corrected chi connectivity index (χ2v) is 16.6. The van der Waals surface area contributed by atoms with E-state index < -0.39 is 8.07 Å². The zero-order valence-corrected chi connectivity index (χ0v) is 26.5. The number of ether oxygens (including phenoxy) is 1. The van der Waals surface area contributed by atoms with Crippen LogP contribution < -0.4 is 34.6 Å². The van der Waals surface area contributed by atoms with Gasteiger partial charge in [-0.3, -0.25) is 9.13 Å². The molecule has 0 fully saturated rings. The van der Waals surface area contributed by atoms with Crippen molar-refractivity contribution in [2.75, 3.05) is 4.81 Å². The second-order valence-electron chi connectivity index (χ2n) is 12.3. The van der Waals surface area contributed by atoms with Crippen LogP contribution in [0.3, 0.4) is 0 Å². The molecule has 0 saturated heterocycles. The number of pyridine rings is 1. The molecule has 0 amide bonds. The SMILES string of the molecule is C[Si]1(C)c2ccc(Oc3cccc(N4B(c5ccccc5)Oc5cccnc54)c3)cc2-n2[c-][n+](-c3ccccc3)c3cccc1c32. The van der Waals surface area contributed by atoms with Gasteiger partial charge in [0.2, 0.25) is 0 Å². The van der Waals surface area contributed by atoms with Crippen LogP contribution in [0.1, 0.15) is 0 Å². The lowest BCUT2D eigenvalue weighted by Crippen LogP contribution is -2.57.